The highest BCUT2D eigenvalue weighted by atomic mass is 32.1. The van der Waals surface area contributed by atoms with Crippen molar-refractivity contribution in [3.63, 3.8) is 0 Å². The third kappa shape index (κ3) is 3.99. The average Bonchev–Trinajstić information content (AvgIpc) is 3.31. The molecule has 0 unspecified atom stereocenters. The van der Waals surface area contributed by atoms with Crippen LogP contribution in [0, 0.1) is 0 Å². The Hall–Kier alpha value is -2.29. The molecule has 0 bridgehead atoms. The molecule has 8 heteroatoms. The van der Waals surface area contributed by atoms with Gasteiger partial charge >= 0.3 is 0 Å². The Morgan fingerprint density at radius 2 is 2.20 bits per heavy atom. The first-order valence-corrected chi connectivity index (χ1v) is 11.0. The molecule has 1 fully saturated rings. The normalized spacial score (nSPS) is 18.1. The Bertz CT molecular complexity index is 1050. The fourth-order valence-corrected chi connectivity index (χ4v) is 5.19. The van der Waals surface area contributed by atoms with Gasteiger partial charge in [-0.05, 0) is 6.07 Å². The molecule has 1 atom stereocenters. The molecule has 1 aliphatic heterocycles. The topological polar surface area (TPSA) is 74.4 Å². The summed E-state index contributed by atoms with van der Waals surface area (Å²) >= 11 is 1.45. The zero-order chi connectivity index (χ0) is 21.5. The fourth-order valence-electron chi connectivity index (χ4n) is 3.97. The molecule has 3 aromatic heterocycles. The number of hydrogen-bond donors (Lipinski definition) is 1. The average molecular weight is 428 g/mol. The highest BCUT2D eigenvalue weighted by molar-refractivity contribution is 7.20. The Labute approximate surface area is 181 Å². The molecule has 1 N–H and O–H groups in total. The van der Waals surface area contributed by atoms with Crippen molar-refractivity contribution in [2.45, 2.75) is 38.8 Å². The van der Waals surface area contributed by atoms with Crippen molar-refractivity contribution in [1.82, 2.24) is 25.0 Å². The van der Waals surface area contributed by atoms with Crippen LogP contribution in [0.2, 0.25) is 0 Å². The highest BCUT2D eigenvalue weighted by Crippen LogP contribution is 2.38. The van der Waals surface area contributed by atoms with E-state index < -0.39 is 0 Å². The van der Waals surface area contributed by atoms with Crippen LogP contribution in [-0.2, 0) is 16.7 Å². The number of carbonyl (C=O) groups is 1. The molecular formula is C22H29N5O2S. The predicted molar refractivity (Wildman–Crippen MR) is 119 cm³/mol. The summed E-state index contributed by atoms with van der Waals surface area (Å²) in [5.74, 6) is -0.00132. The highest BCUT2D eigenvalue weighted by Gasteiger charge is 2.31. The van der Waals surface area contributed by atoms with Crippen molar-refractivity contribution >= 4 is 27.5 Å². The monoisotopic (exact) mass is 427 g/mol. The second-order valence-corrected chi connectivity index (χ2v) is 10.0. The first-order valence-electron chi connectivity index (χ1n) is 10.2. The zero-order valence-corrected chi connectivity index (χ0v) is 19.0. The van der Waals surface area contributed by atoms with E-state index in [9.17, 15) is 4.79 Å². The lowest BCUT2D eigenvalue weighted by atomic mass is 9.89. The van der Waals surface area contributed by atoms with E-state index in [-0.39, 0.29) is 17.4 Å². The van der Waals surface area contributed by atoms with Crippen molar-refractivity contribution in [2.75, 3.05) is 33.8 Å². The number of H-pyrrole nitrogens is 1. The number of aromatic amines is 1. The minimum Gasteiger partial charge on any atom is -0.371 e. The number of hydrogen-bond acceptors (Lipinski definition) is 6. The molecule has 4 heterocycles. The maximum absolute atomic E-state index is 12.9. The Kier molecular flexibility index (Phi) is 5.65. The lowest BCUT2D eigenvalue weighted by Crippen LogP contribution is -2.38. The van der Waals surface area contributed by atoms with Crippen molar-refractivity contribution < 1.29 is 9.53 Å². The van der Waals surface area contributed by atoms with Crippen molar-refractivity contribution in [3.8, 4) is 0 Å². The van der Waals surface area contributed by atoms with Gasteiger partial charge in [-0.2, -0.15) is 5.10 Å². The molecule has 1 aliphatic rings. The van der Waals surface area contributed by atoms with Gasteiger partial charge in [-0.25, -0.2) is 4.98 Å². The van der Waals surface area contributed by atoms with Gasteiger partial charge in [-0.1, -0.05) is 26.8 Å². The number of thiophene rings is 1. The van der Waals surface area contributed by atoms with Crippen LogP contribution in [0.25, 0.3) is 10.2 Å². The summed E-state index contributed by atoms with van der Waals surface area (Å²) in [6, 6.07) is 3.96. The molecule has 0 saturated carbocycles. The minimum atomic E-state index is -0.166. The number of morpholine rings is 1. The number of rotatable bonds is 4. The molecule has 1 amide bonds. The fraction of sp³-hybridized carbons (Fsp3) is 0.500. The summed E-state index contributed by atoms with van der Waals surface area (Å²) in [5.41, 5.74) is 3.36. The van der Waals surface area contributed by atoms with Gasteiger partial charge in [0.15, 0.2) is 0 Å². The van der Waals surface area contributed by atoms with Crippen LogP contribution in [0.5, 0.6) is 0 Å². The van der Waals surface area contributed by atoms with Gasteiger partial charge in [0, 0.05) is 67.5 Å². The maximum Gasteiger partial charge on any atom is 0.263 e. The number of nitrogens with zero attached hydrogens (tertiary/aromatic N) is 4. The smallest absolute Gasteiger partial charge is 0.263 e. The largest absolute Gasteiger partial charge is 0.371 e. The number of ether oxygens (including phenoxy) is 1. The van der Waals surface area contributed by atoms with Crippen LogP contribution in [0.15, 0.2) is 24.5 Å². The maximum atomic E-state index is 12.9. The van der Waals surface area contributed by atoms with Crippen LogP contribution >= 0.6 is 11.3 Å². The molecule has 30 heavy (non-hydrogen) atoms. The predicted octanol–water partition coefficient (Wildman–Crippen LogP) is 3.59. The van der Waals surface area contributed by atoms with Gasteiger partial charge in [0.25, 0.3) is 5.91 Å². The van der Waals surface area contributed by atoms with E-state index in [1.54, 1.807) is 25.2 Å². The van der Waals surface area contributed by atoms with Crippen LogP contribution in [0.3, 0.4) is 0 Å². The summed E-state index contributed by atoms with van der Waals surface area (Å²) < 4.78 is 6.19. The van der Waals surface area contributed by atoms with E-state index in [2.05, 4.69) is 40.9 Å². The zero-order valence-electron chi connectivity index (χ0n) is 18.2. The second kappa shape index (κ2) is 8.09. The van der Waals surface area contributed by atoms with E-state index in [0.29, 0.717) is 6.61 Å². The molecular weight excluding hydrogens is 398 g/mol. The molecule has 7 nitrogen and oxygen atoms in total. The standard InChI is InChI=1S/C22H29N5O2S/c1-22(2,3)19-14(11-24-25-19)12-27-9-10-29-16(13-27)17-15-7-6-8-23-20(15)30-18(17)21(28)26(4)5/h6-8,11,16H,9-10,12-13H2,1-5H3,(H,24,25)/t16-/m0/s1. The first kappa shape index (κ1) is 21.0. The molecule has 160 valence electrons. The third-order valence-corrected chi connectivity index (χ3v) is 6.56. The van der Waals surface area contributed by atoms with Gasteiger partial charge in [-0.3, -0.25) is 14.8 Å². The van der Waals surface area contributed by atoms with Crippen LogP contribution < -0.4 is 0 Å². The number of aromatic nitrogens is 3. The van der Waals surface area contributed by atoms with Crippen LogP contribution in [-0.4, -0.2) is 64.7 Å². The summed E-state index contributed by atoms with van der Waals surface area (Å²) in [5, 5.41) is 8.46. The molecule has 3 aromatic rings. The van der Waals surface area contributed by atoms with Gasteiger partial charge in [0.1, 0.15) is 9.71 Å². The lowest BCUT2D eigenvalue weighted by molar-refractivity contribution is -0.0325. The van der Waals surface area contributed by atoms with Crippen molar-refractivity contribution in [3.05, 3.63) is 46.2 Å². The van der Waals surface area contributed by atoms with E-state index in [1.807, 2.05) is 18.3 Å². The number of pyridine rings is 1. The van der Waals surface area contributed by atoms with Crippen LogP contribution in [0.4, 0.5) is 0 Å². The summed E-state index contributed by atoms with van der Waals surface area (Å²) in [6.45, 7) is 9.58. The first-order chi connectivity index (χ1) is 14.3. The van der Waals surface area contributed by atoms with E-state index in [1.165, 1.54) is 22.6 Å². The number of fused-ring (bicyclic) bond motifs is 1. The molecule has 1 saturated heterocycles. The summed E-state index contributed by atoms with van der Waals surface area (Å²) in [4.78, 5) is 23.0. The number of carbonyl (C=O) groups excluding carboxylic acids is 1. The van der Waals surface area contributed by atoms with Gasteiger partial charge in [0.2, 0.25) is 0 Å². The second-order valence-electron chi connectivity index (χ2n) is 9.02. The van der Waals surface area contributed by atoms with Gasteiger partial charge < -0.3 is 9.64 Å². The van der Waals surface area contributed by atoms with E-state index >= 15 is 0 Å². The lowest BCUT2D eigenvalue weighted by Gasteiger charge is -2.34. The minimum absolute atomic E-state index is 0.00132. The van der Waals surface area contributed by atoms with E-state index in [4.69, 9.17) is 4.74 Å². The van der Waals surface area contributed by atoms with Gasteiger partial charge in [0.05, 0.1) is 18.9 Å². The summed E-state index contributed by atoms with van der Waals surface area (Å²) in [7, 11) is 3.57. The molecule has 0 spiro atoms. The third-order valence-electron chi connectivity index (χ3n) is 5.44. The Morgan fingerprint density at radius 3 is 2.93 bits per heavy atom. The van der Waals surface area contributed by atoms with Crippen molar-refractivity contribution in [2.24, 2.45) is 0 Å². The van der Waals surface area contributed by atoms with Crippen molar-refractivity contribution in [1.29, 1.82) is 0 Å². The number of amides is 1. The summed E-state index contributed by atoms with van der Waals surface area (Å²) in [6.07, 6.45) is 3.53. The molecule has 4 rings (SSSR count). The number of nitrogens with one attached hydrogen (secondary N) is 1. The van der Waals surface area contributed by atoms with E-state index in [0.717, 1.165) is 40.3 Å². The van der Waals surface area contributed by atoms with Crippen LogP contribution in [0.1, 0.15) is 53.4 Å². The Balaban J connectivity index is 1.64. The molecule has 0 aromatic carbocycles. The molecule has 0 aliphatic carbocycles. The SMILES string of the molecule is CN(C)C(=O)c1sc2ncccc2c1[C@@H]1CN(Cc2cn[nH]c2C(C)(C)C)CCO1. The quantitative estimate of drug-likeness (QED) is 0.689. The van der Waals surface area contributed by atoms with Gasteiger partial charge in [-0.15, -0.1) is 11.3 Å². The molecule has 0 radical (unpaired) electrons. The Morgan fingerprint density at radius 1 is 1.40 bits per heavy atom.